The normalized spacial score (nSPS) is 17.5. The van der Waals surface area contributed by atoms with Crippen LogP contribution in [-0.4, -0.2) is 41.5 Å². The fourth-order valence-corrected chi connectivity index (χ4v) is 3.88. The van der Waals surface area contributed by atoms with Crippen LogP contribution in [-0.2, 0) is 16.6 Å². The van der Waals surface area contributed by atoms with Gasteiger partial charge in [0, 0.05) is 25.8 Å². The molecule has 6 nitrogen and oxygen atoms in total. The number of hydrogen-bond acceptors (Lipinski definition) is 3. The minimum Gasteiger partial charge on any atom is -0.477 e. The Morgan fingerprint density at radius 2 is 1.95 bits per heavy atom. The number of carboxylic acids is 1. The summed E-state index contributed by atoms with van der Waals surface area (Å²) in [5.74, 6) is -1.11. The van der Waals surface area contributed by atoms with Gasteiger partial charge in [0.2, 0.25) is 10.0 Å². The first-order valence-electron chi connectivity index (χ1n) is 6.40. The molecule has 1 aromatic rings. The van der Waals surface area contributed by atoms with Crippen molar-refractivity contribution in [3.8, 4) is 0 Å². The summed E-state index contributed by atoms with van der Waals surface area (Å²) in [7, 11) is -3.56. The molecule has 0 atom stereocenters. The van der Waals surface area contributed by atoms with Crippen LogP contribution in [0.15, 0.2) is 17.2 Å². The maximum absolute atomic E-state index is 12.4. The number of carboxylic acid groups (broad SMARTS) is 1. The Labute approximate surface area is 112 Å². The first kappa shape index (κ1) is 14.1. The molecule has 1 aliphatic rings. The minimum absolute atomic E-state index is 0.0121. The first-order chi connectivity index (χ1) is 8.96. The molecule has 1 aromatic heterocycles. The molecule has 1 aliphatic heterocycles. The highest BCUT2D eigenvalue weighted by Crippen LogP contribution is 2.22. The lowest BCUT2D eigenvalue weighted by molar-refractivity contribution is 0.0685. The smallest absolute Gasteiger partial charge is 0.352 e. The Balaban J connectivity index is 2.37. The molecule has 0 amide bonds. The lowest BCUT2D eigenvalue weighted by atomic mass is 10.2. The summed E-state index contributed by atoms with van der Waals surface area (Å²) in [5.41, 5.74) is 0.0121. The molecule has 7 heteroatoms. The van der Waals surface area contributed by atoms with E-state index >= 15 is 0 Å². The van der Waals surface area contributed by atoms with Crippen LogP contribution >= 0.6 is 0 Å². The van der Waals surface area contributed by atoms with Crippen LogP contribution in [0.2, 0.25) is 0 Å². The summed E-state index contributed by atoms with van der Waals surface area (Å²) < 4.78 is 27.7. The highest BCUT2D eigenvalue weighted by Gasteiger charge is 2.28. The molecule has 1 saturated heterocycles. The second kappa shape index (κ2) is 5.34. The van der Waals surface area contributed by atoms with Crippen LogP contribution in [0, 0.1) is 0 Å². The lowest BCUT2D eigenvalue weighted by Crippen LogP contribution is -2.35. The summed E-state index contributed by atoms with van der Waals surface area (Å²) in [6.45, 7) is 3.24. The second-order valence-electron chi connectivity index (χ2n) is 4.62. The SMILES string of the molecule is CCn1cc(S(=O)(=O)N2CCCCC2)cc1C(=O)O. The zero-order chi connectivity index (χ0) is 14.0. The number of carbonyl (C=O) groups is 1. The fraction of sp³-hybridized carbons (Fsp3) is 0.583. The van der Waals surface area contributed by atoms with Gasteiger partial charge in [-0.3, -0.25) is 0 Å². The largest absolute Gasteiger partial charge is 0.477 e. The quantitative estimate of drug-likeness (QED) is 0.907. The lowest BCUT2D eigenvalue weighted by Gasteiger charge is -2.25. The zero-order valence-electron chi connectivity index (χ0n) is 10.9. The van der Waals surface area contributed by atoms with Crippen LogP contribution in [0.4, 0.5) is 0 Å². The van der Waals surface area contributed by atoms with Gasteiger partial charge in [0.05, 0.1) is 0 Å². The van der Waals surface area contributed by atoms with Gasteiger partial charge in [-0.15, -0.1) is 0 Å². The van der Waals surface area contributed by atoms with E-state index in [4.69, 9.17) is 5.11 Å². The third-order valence-corrected chi connectivity index (χ3v) is 5.25. The third-order valence-electron chi connectivity index (χ3n) is 3.38. The van der Waals surface area contributed by atoms with E-state index in [1.54, 1.807) is 6.92 Å². The Bertz CT molecular complexity index is 571. The monoisotopic (exact) mass is 286 g/mol. The molecule has 0 aliphatic carbocycles. The van der Waals surface area contributed by atoms with E-state index in [-0.39, 0.29) is 10.6 Å². The van der Waals surface area contributed by atoms with Crippen molar-refractivity contribution in [2.24, 2.45) is 0 Å². The van der Waals surface area contributed by atoms with E-state index in [2.05, 4.69) is 0 Å². The number of hydrogen-bond donors (Lipinski definition) is 1. The van der Waals surface area contributed by atoms with Crippen molar-refractivity contribution in [2.75, 3.05) is 13.1 Å². The number of aromatic carboxylic acids is 1. The van der Waals surface area contributed by atoms with Gasteiger partial charge in [-0.05, 0) is 25.8 Å². The molecule has 2 rings (SSSR count). The highest BCUT2D eigenvalue weighted by molar-refractivity contribution is 7.89. The van der Waals surface area contributed by atoms with Gasteiger partial charge in [-0.25, -0.2) is 13.2 Å². The van der Waals surface area contributed by atoms with Crippen molar-refractivity contribution in [1.82, 2.24) is 8.87 Å². The predicted molar refractivity (Wildman–Crippen MR) is 69.7 cm³/mol. The van der Waals surface area contributed by atoms with E-state index < -0.39 is 16.0 Å². The molecule has 1 N–H and O–H groups in total. The van der Waals surface area contributed by atoms with Gasteiger partial charge in [-0.1, -0.05) is 6.42 Å². The van der Waals surface area contributed by atoms with Crippen LogP contribution in [0.5, 0.6) is 0 Å². The Morgan fingerprint density at radius 1 is 1.32 bits per heavy atom. The van der Waals surface area contributed by atoms with Crippen molar-refractivity contribution >= 4 is 16.0 Å². The molecule has 106 valence electrons. The summed E-state index contributed by atoms with van der Waals surface area (Å²) in [4.78, 5) is 11.1. The van der Waals surface area contributed by atoms with E-state index in [0.717, 1.165) is 19.3 Å². The van der Waals surface area contributed by atoms with Crippen LogP contribution in [0.1, 0.15) is 36.7 Å². The number of aromatic nitrogens is 1. The number of rotatable bonds is 4. The van der Waals surface area contributed by atoms with Crippen molar-refractivity contribution in [3.05, 3.63) is 18.0 Å². The van der Waals surface area contributed by atoms with Gasteiger partial charge in [0.1, 0.15) is 10.6 Å². The Kier molecular flexibility index (Phi) is 3.96. The molecule has 0 aromatic carbocycles. The molecule has 0 saturated carbocycles. The minimum atomic E-state index is -3.56. The van der Waals surface area contributed by atoms with Crippen LogP contribution in [0.25, 0.3) is 0 Å². The Morgan fingerprint density at radius 3 is 2.42 bits per heavy atom. The number of nitrogens with zero attached hydrogens (tertiary/aromatic N) is 2. The van der Waals surface area contributed by atoms with Crippen molar-refractivity contribution in [1.29, 1.82) is 0 Å². The molecular weight excluding hydrogens is 268 g/mol. The van der Waals surface area contributed by atoms with E-state index in [1.165, 1.54) is 21.1 Å². The molecule has 0 unspecified atom stereocenters. The van der Waals surface area contributed by atoms with E-state index in [1.807, 2.05) is 0 Å². The van der Waals surface area contributed by atoms with Crippen LogP contribution < -0.4 is 0 Å². The summed E-state index contributed by atoms with van der Waals surface area (Å²) in [6, 6.07) is 1.25. The molecule has 19 heavy (non-hydrogen) atoms. The predicted octanol–water partition coefficient (Wildman–Crippen LogP) is 1.38. The number of sulfonamides is 1. The molecular formula is C12H18N2O4S. The second-order valence-corrected chi connectivity index (χ2v) is 6.55. The van der Waals surface area contributed by atoms with E-state index in [9.17, 15) is 13.2 Å². The van der Waals surface area contributed by atoms with Gasteiger partial charge in [-0.2, -0.15) is 4.31 Å². The fourth-order valence-electron chi connectivity index (χ4n) is 2.32. The van der Waals surface area contributed by atoms with Gasteiger partial charge in [0.15, 0.2) is 0 Å². The molecule has 1 fully saturated rings. The Hall–Kier alpha value is -1.34. The van der Waals surface area contributed by atoms with Gasteiger partial charge < -0.3 is 9.67 Å². The van der Waals surface area contributed by atoms with Gasteiger partial charge in [0.25, 0.3) is 0 Å². The van der Waals surface area contributed by atoms with Crippen molar-refractivity contribution in [2.45, 2.75) is 37.6 Å². The average Bonchev–Trinajstić information content (AvgIpc) is 2.84. The standard InChI is InChI=1S/C12H18N2O4S/c1-2-13-9-10(8-11(13)12(15)16)19(17,18)14-6-4-3-5-7-14/h8-9H,2-7H2,1H3,(H,15,16). The number of aryl methyl sites for hydroxylation is 1. The van der Waals surface area contributed by atoms with E-state index in [0.29, 0.717) is 19.6 Å². The van der Waals surface area contributed by atoms with Gasteiger partial charge >= 0.3 is 5.97 Å². The number of piperidine rings is 1. The zero-order valence-corrected chi connectivity index (χ0v) is 11.7. The van der Waals surface area contributed by atoms with Crippen molar-refractivity contribution < 1.29 is 18.3 Å². The first-order valence-corrected chi connectivity index (χ1v) is 7.84. The van der Waals surface area contributed by atoms with Crippen molar-refractivity contribution in [3.63, 3.8) is 0 Å². The third kappa shape index (κ3) is 2.66. The average molecular weight is 286 g/mol. The maximum atomic E-state index is 12.4. The molecule has 0 radical (unpaired) electrons. The maximum Gasteiger partial charge on any atom is 0.352 e. The molecule has 2 heterocycles. The highest BCUT2D eigenvalue weighted by atomic mass is 32.2. The van der Waals surface area contributed by atoms with Crippen LogP contribution in [0.3, 0.4) is 0 Å². The molecule has 0 bridgehead atoms. The summed E-state index contributed by atoms with van der Waals surface area (Å²) in [5, 5.41) is 9.06. The summed E-state index contributed by atoms with van der Waals surface area (Å²) >= 11 is 0. The topological polar surface area (TPSA) is 79.6 Å². The summed E-state index contributed by atoms with van der Waals surface area (Å²) in [6.07, 6.45) is 4.18. The molecule has 0 spiro atoms.